The maximum atomic E-state index is 14.0. The number of hydrogen-bond acceptors (Lipinski definition) is 2. The number of rotatable bonds is 2. The maximum Gasteiger partial charge on any atom is 0.229 e. The van der Waals surface area contributed by atoms with Crippen LogP contribution in [0.5, 0.6) is 0 Å². The number of hydrogen-bond donors (Lipinski definition) is 1. The molecule has 3 fully saturated rings. The number of likely N-dealkylation sites (tertiary alicyclic amines) is 1. The van der Waals surface area contributed by atoms with Crippen LogP contribution < -0.4 is 5.73 Å². The van der Waals surface area contributed by atoms with Gasteiger partial charge in [0, 0.05) is 25.0 Å². The molecule has 1 heterocycles. The summed E-state index contributed by atoms with van der Waals surface area (Å²) in [5.41, 5.74) is 6.79. The molecule has 1 aliphatic heterocycles. The molecular weight excluding hydrogens is 267 g/mol. The van der Waals surface area contributed by atoms with Crippen LogP contribution in [0.15, 0.2) is 24.3 Å². The Kier molecular flexibility index (Phi) is 2.86. The standard InChI is InChI=1S/C17H21FN2O/c18-14-6-2-1-5-12(14)13-9-20(10-15(13)19)16(21)17-7-3-4-11(17)8-17/h1-2,5-6,11,13,15H,3-4,7-10,19H2/t11-,13+,15-,17-/m1/s1. The summed E-state index contributed by atoms with van der Waals surface area (Å²) in [5, 5.41) is 0. The van der Waals surface area contributed by atoms with Gasteiger partial charge in [0.15, 0.2) is 0 Å². The molecule has 2 aliphatic carbocycles. The molecule has 2 N–H and O–H groups in total. The van der Waals surface area contributed by atoms with Gasteiger partial charge in [0.1, 0.15) is 5.82 Å². The third kappa shape index (κ3) is 1.92. The van der Waals surface area contributed by atoms with E-state index < -0.39 is 0 Å². The number of nitrogens with zero attached hydrogens (tertiary/aromatic N) is 1. The quantitative estimate of drug-likeness (QED) is 0.907. The fourth-order valence-electron chi connectivity index (χ4n) is 4.51. The highest BCUT2D eigenvalue weighted by molar-refractivity contribution is 5.87. The highest BCUT2D eigenvalue weighted by atomic mass is 19.1. The van der Waals surface area contributed by atoms with Gasteiger partial charge in [-0.3, -0.25) is 4.79 Å². The van der Waals surface area contributed by atoms with Crippen molar-refractivity contribution in [3.8, 4) is 0 Å². The van der Waals surface area contributed by atoms with E-state index in [2.05, 4.69) is 0 Å². The number of benzene rings is 1. The average molecular weight is 288 g/mol. The first-order valence-corrected chi connectivity index (χ1v) is 7.91. The van der Waals surface area contributed by atoms with Gasteiger partial charge < -0.3 is 10.6 Å². The first-order valence-electron chi connectivity index (χ1n) is 7.91. The van der Waals surface area contributed by atoms with Crippen LogP contribution in [0.2, 0.25) is 0 Å². The van der Waals surface area contributed by atoms with E-state index in [9.17, 15) is 9.18 Å². The molecule has 0 unspecified atom stereocenters. The fourth-order valence-corrected chi connectivity index (χ4v) is 4.51. The second-order valence-corrected chi connectivity index (χ2v) is 6.95. The van der Waals surface area contributed by atoms with Gasteiger partial charge in [-0.2, -0.15) is 0 Å². The summed E-state index contributed by atoms with van der Waals surface area (Å²) < 4.78 is 14.0. The van der Waals surface area contributed by atoms with Crippen LogP contribution in [0.1, 0.15) is 37.2 Å². The molecule has 3 aliphatic rings. The Morgan fingerprint density at radius 2 is 2.14 bits per heavy atom. The Balaban J connectivity index is 1.53. The van der Waals surface area contributed by atoms with Crippen LogP contribution in [0.3, 0.4) is 0 Å². The van der Waals surface area contributed by atoms with Gasteiger partial charge in [-0.05, 0) is 36.8 Å². The second-order valence-electron chi connectivity index (χ2n) is 6.95. The molecule has 4 heteroatoms. The predicted molar refractivity (Wildman–Crippen MR) is 78.1 cm³/mol. The zero-order chi connectivity index (χ0) is 14.6. The number of halogens is 1. The Hall–Kier alpha value is -1.42. The SMILES string of the molecule is N[C@@H]1CN(C(=O)[C@@]23CCC[C@@H]2C3)C[C@H]1c1ccccc1F. The van der Waals surface area contributed by atoms with Gasteiger partial charge in [-0.1, -0.05) is 24.6 Å². The molecular formula is C17H21FN2O. The summed E-state index contributed by atoms with van der Waals surface area (Å²) in [6, 6.07) is 6.62. The maximum absolute atomic E-state index is 14.0. The van der Waals surface area contributed by atoms with Gasteiger partial charge in [0.2, 0.25) is 5.91 Å². The third-order valence-corrected chi connectivity index (χ3v) is 5.79. The van der Waals surface area contributed by atoms with Crippen molar-refractivity contribution in [2.45, 2.75) is 37.6 Å². The van der Waals surface area contributed by atoms with Crippen LogP contribution >= 0.6 is 0 Å². The number of amides is 1. The van der Waals surface area contributed by atoms with Crippen molar-refractivity contribution in [2.75, 3.05) is 13.1 Å². The minimum Gasteiger partial charge on any atom is -0.340 e. The van der Waals surface area contributed by atoms with E-state index in [1.54, 1.807) is 12.1 Å². The summed E-state index contributed by atoms with van der Waals surface area (Å²) in [4.78, 5) is 14.7. The van der Waals surface area contributed by atoms with Gasteiger partial charge in [-0.25, -0.2) is 4.39 Å². The van der Waals surface area contributed by atoms with Crippen molar-refractivity contribution in [3.63, 3.8) is 0 Å². The van der Waals surface area contributed by atoms with E-state index in [4.69, 9.17) is 5.73 Å². The zero-order valence-electron chi connectivity index (χ0n) is 12.1. The highest BCUT2D eigenvalue weighted by Gasteiger charge is 2.63. The Morgan fingerprint density at radius 1 is 1.33 bits per heavy atom. The smallest absolute Gasteiger partial charge is 0.229 e. The summed E-state index contributed by atoms with van der Waals surface area (Å²) in [6.45, 7) is 1.13. The normalized spacial score (nSPS) is 37.6. The number of carbonyl (C=O) groups excluding carboxylic acids is 1. The van der Waals surface area contributed by atoms with E-state index in [1.807, 2.05) is 11.0 Å². The van der Waals surface area contributed by atoms with Crippen LogP contribution in [-0.4, -0.2) is 29.9 Å². The van der Waals surface area contributed by atoms with Crippen LogP contribution in [0.4, 0.5) is 4.39 Å². The topological polar surface area (TPSA) is 46.3 Å². The monoisotopic (exact) mass is 288 g/mol. The van der Waals surface area contributed by atoms with Crippen molar-refractivity contribution < 1.29 is 9.18 Å². The molecule has 0 bridgehead atoms. The van der Waals surface area contributed by atoms with Crippen LogP contribution in [0.25, 0.3) is 0 Å². The van der Waals surface area contributed by atoms with Crippen molar-refractivity contribution >= 4 is 5.91 Å². The first-order chi connectivity index (χ1) is 10.1. The summed E-state index contributed by atoms with van der Waals surface area (Å²) >= 11 is 0. The molecule has 1 saturated heterocycles. The molecule has 21 heavy (non-hydrogen) atoms. The first kappa shape index (κ1) is 13.3. The van der Waals surface area contributed by atoms with E-state index in [0.29, 0.717) is 24.6 Å². The molecule has 1 amide bonds. The lowest BCUT2D eigenvalue weighted by Crippen LogP contribution is -2.37. The number of fused-ring (bicyclic) bond motifs is 1. The van der Waals surface area contributed by atoms with Gasteiger partial charge in [0.25, 0.3) is 0 Å². The Morgan fingerprint density at radius 3 is 2.81 bits per heavy atom. The van der Waals surface area contributed by atoms with Gasteiger partial charge in [0.05, 0.1) is 5.41 Å². The predicted octanol–water partition coefficient (Wildman–Crippen LogP) is 2.27. The zero-order valence-corrected chi connectivity index (χ0v) is 12.1. The second kappa shape index (κ2) is 4.54. The summed E-state index contributed by atoms with van der Waals surface area (Å²) in [6.07, 6.45) is 4.46. The number of nitrogens with two attached hydrogens (primary N) is 1. The van der Waals surface area contributed by atoms with E-state index >= 15 is 0 Å². The molecule has 0 aromatic heterocycles. The van der Waals surface area contributed by atoms with Crippen molar-refractivity contribution in [1.82, 2.24) is 4.90 Å². The van der Waals surface area contributed by atoms with Gasteiger partial charge in [-0.15, -0.1) is 0 Å². The summed E-state index contributed by atoms with van der Waals surface area (Å²) in [7, 11) is 0. The van der Waals surface area contributed by atoms with Crippen molar-refractivity contribution in [2.24, 2.45) is 17.1 Å². The molecule has 0 radical (unpaired) electrons. The minimum absolute atomic E-state index is 0.0656. The Bertz CT molecular complexity index is 590. The average Bonchev–Trinajstić information content (AvgIpc) is 2.84. The lowest BCUT2D eigenvalue weighted by atomic mass is 9.94. The number of carbonyl (C=O) groups is 1. The third-order valence-electron chi connectivity index (χ3n) is 5.79. The molecule has 1 aromatic rings. The molecule has 112 valence electrons. The van der Waals surface area contributed by atoms with Crippen LogP contribution in [0, 0.1) is 17.2 Å². The minimum atomic E-state index is -0.212. The van der Waals surface area contributed by atoms with E-state index in [0.717, 1.165) is 12.8 Å². The lowest BCUT2D eigenvalue weighted by molar-refractivity contribution is -0.136. The highest BCUT2D eigenvalue weighted by Crippen LogP contribution is 2.64. The lowest BCUT2D eigenvalue weighted by Gasteiger charge is -2.22. The molecule has 3 nitrogen and oxygen atoms in total. The molecule has 0 spiro atoms. The van der Waals surface area contributed by atoms with E-state index in [1.165, 1.54) is 18.9 Å². The van der Waals surface area contributed by atoms with Crippen molar-refractivity contribution in [3.05, 3.63) is 35.6 Å². The molecule has 4 rings (SSSR count). The van der Waals surface area contributed by atoms with Crippen molar-refractivity contribution in [1.29, 1.82) is 0 Å². The Labute approximate surface area is 124 Å². The molecule has 2 saturated carbocycles. The molecule has 4 atom stereocenters. The van der Waals surface area contributed by atoms with Gasteiger partial charge >= 0.3 is 0 Å². The van der Waals surface area contributed by atoms with Crippen LogP contribution in [-0.2, 0) is 4.79 Å². The molecule has 1 aromatic carbocycles. The largest absolute Gasteiger partial charge is 0.340 e. The summed E-state index contributed by atoms with van der Waals surface area (Å²) in [5.74, 6) is 0.591. The van der Waals surface area contributed by atoms with E-state index in [-0.39, 0.29) is 29.1 Å². The fraction of sp³-hybridized carbons (Fsp3) is 0.588.